The van der Waals surface area contributed by atoms with Gasteiger partial charge in [-0.2, -0.15) is 0 Å². The van der Waals surface area contributed by atoms with Crippen molar-refractivity contribution < 1.29 is 9.00 Å². The molecule has 0 bridgehead atoms. The summed E-state index contributed by atoms with van der Waals surface area (Å²) in [7, 11) is -1.19. The standard InChI is InChI=1S/C26H31ClN2O2S/c1-3-7-21-14-17-24(19-12-15-22(27)16-13-19)29(26(21)30)25(20-10-11-20)18-28(32(2)31)23-8-5-4-6-9-23/h3-6,8-9,12-13,15-16,20-21,24-25H,1,7,10-11,14,17-18H2,2H3/t21-,24-,25?,32?/m0/s1. The molecule has 1 heterocycles. The number of carbonyl (C=O) groups excluding carboxylic acids is 1. The lowest BCUT2D eigenvalue weighted by Gasteiger charge is -2.45. The Hall–Kier alpha value is -2.11. The molecule has 2 fully saturated rings. The largest absolute Gasteiger partial charge is 0.330 e. The number of para-hydroxylation sites is 1. The molecule has 170 valence electrons. The van der Waals surface area contributed by atoms with E-state index in [-0.39, 0.29) is 23.9 Å². The van der Waals surface area contributed by atoms with Crippen LogP contribution in [-0.2, 0) is 15.8 Å². The molecule has 2 aliphatic rings. The first-order valence-electron chi connectivity index (χ1n) is 11.3. The van der Waals surface area contributed by atoms with Gasteiger partial charge in [0.1, 0.15) is 11.0 Å². The molecule has 0 aromatic heterocycles. The van der Waals surface area contributed by atoms with Gasteiger partial charge in [0.15, 0.2) is 0 Å². The zero-order valence-corrected chi connectivity index (χ0v) is 20.1. The first-order valence-corrected chi connectivity index (χ1v) is 13.2. The number of hydrogen-bond donors (Lipinski definition) is 0. The van der Waals surface area contributed by atoms with E-state index in [1.165, 1.54) is 0 Å². The first-order chi connectivity index (χ1) is 15.5. The van der Waals surface area contributed by atoms with Gasteiger partial charge in [0.2, 0.25) is 5.91 Å². The van der Waals surface area contributed by atoms with Gasteiger partial charge >= 0.3 is 0 Å². The van der Waals surface area contributed by atoms with E-state index in [9.17, 15) is 9.00 Å². The second kappa shape index (κ2) is 10.2. The molecule has 0 radical (unpaired) electrons. The second-order valence-electron chi connectivity index (χ2n) is 8.84. The Morgan fingerprint density at radius 1 is 1.12 bits per heavy atom. The molecule has 1 amide bonds. The molecule has 2 aromatic rings. The Labute approximate surface area is 198 Å². The van der Waals surface area contributed by atoms with Crippen molar-refractivity contribution in [2.45, 2.75) is 44.2 Å². The number of carbonyl (C=O) groups is 1. The molecule has 0 spiro atoms. The van der Waals surface area contributed by atoms with Gasteiger partial charge < -0.3 is 4.90 Å². The fraction of sp³-hybridized carbons (Fsp3) is 0.423. The van der Waals surface area contributed by atoms with Crippen LogP contribution in [0.3, 0.4) is 0 Å². The van der Waals surface area contributed by atoms with Crippen LogP contribution in [-0.4, -0.2) is 33.9 Å². The van der Waals surface area contributed by atoms with E-state index in [0.717, 1.165) is 36.9 Å². The van der Waals surface area contributed by atoms with E-state index in [1.54, 1.807) is 6.26 Å². The van der Waals surface area contributed by atoms with Crippen LogP contribution in [0.2, 0.25) is 5.02 Å². The van der Waals surface area contributed by atoms with E-state index in [4.69, 9.17) is 11.6 Å². The molecule has 6 heteroatoms. The van der Waals surface area contributed by atoms with Crippen molar-refractivity contribution in [1.29, 1.82) is 0 Å². The highest BCUT2D eigenvalue weighted by atomic mass is 35.5. The van der Waals surface area contributed by atoms with Crippen LogP contribution in [0.25, 0.3) is 0 Å². The third-order valence-electron chi connectivity index (χ3n) is 6.66. The van der Waals surface area contributed by atoms with Crippen molar-refractivity contribution in [1.82, 2.24) is 4.90 Å². The topological polar surface area (TPSA) is 40.6 Å². The molecule has 4 nitrogen and oxygen atoms in total. The maximum Gasteiger partial charge on any atom is 0.226 e. The molecule has 1 aliphatic heterocycles. The number of nitrogens with zero attached hydrogens (tertiary/aromatic N) is 2. The number of piperidine rings is 1. The van der Waals surface area contributed by atoms with Crippen molar-refractivity contribution in [3.05, 3.63) is 77.8 Å². The summed E-state index contributed by atoms with van der Waals surface area (Å²) in [6, 6.07) is 17.8. The average Bonchev–Trinajstić information content (AvgIpc) is 3.63. The summed E-state index contributed by atoms with van der Waals surface area (Å²) in [6.45, 7) is 4.43. The Morgan fingerprint density at radius 2 is 1.81 bits per heavy atom. The molecule has 1 saturated carbocycles. The van der Waals surface area contributed by atoms with Crippen LogP contribution >= 0.6 is 11.6 Å². The third kappa shape index (κ3) is 5.10. The maximum absolute atomic E-state index is 13.8. The summed E-state index contributed by atoms with van der Waals surface area (Å²) in [5, 5.41) is 0.697. The smallest absolute Gasteiger partial charge is 0.226 e. The minimum atomic E-state index is -1.19. The van der Waals surface area contributed by atoms with E-state index in [2.05, 4.69) is 11.5 Å². The van der Waals surface area contributed by atoms with E-state index in [0.29, 0.717) is 23.9 Å². The maximum atomic E-state index is 13.8. The quantitative estimate of drug-likeness (QED) is 0.436. The normalized spacial score (nSPS) is 22.9. The SMILES string of the molecule is C=CC[C@H]1CC[C@@H](c2ccc(Cl)cc2)N(C(CN(c2ccccc2)S(C)=O)C2CC2)C1=O. The predicted octanol–water partition coefficient (Wildman–Crippen LogP) is 5.77. The number of rotatable bonds is 9. The number of anilines is 1. The number of hydrogen-bond acceptors (Lipinski definition) is 2. The van der Waals surface area contributed by atoms with Crippen molar-refractivity contribution in [3.8, 4) is 0 Å². The van der Waals surface area contributed by atoms with E-state index in [1.807, 2.05) is 65.0 Å². The fourth-order valence-electron chi connectivity index (χ4n) is 4.88. The molecule has 2 unspecified atom stereocenters. The van der Waals surface area contributed by atoms with Gasteiger partial charge in [0.05, 0.1) is 18.6 Å². The lowest BCUT2D eigenvalue weighted by atomic mass is 9.84. The summed E-state index contributed by atoms with van der Waals surface area (Å²) in [5.74, 6) is 0.600. The number of likely N-dealkylation sites (tertiary alicyclic amines) is 1. The Balaban J connectivity index is 1.70. The third-order valence-corrected chi connectivity index (χ3v) is 7.90. The molecular weight excluding hydrogens is 440 g/mol. The fourth-order valence-corrected chi connectivity index (χ4v) is 5.79. The summed E-state index contributed by atoms with van der Waals surface area (Å²) < 4.78 is 14.7. The minimum Gasteiger partial charge on any atom is -0.330 e. The van der Waals surface area contributed by atoms with Crippen LogP contribution in [0.1, 0.15) is 43.7 Å². The lowest BCUT2D eigenvalue weighted by molar-refractivity contribution is -0.145. The molecular formula is C26H31ClN2O2S. The predicted molar refractivity (Wildman–Crippen MR) is 133 cm³/mol. The monoisotopic (exact) mass is 470 g/mol. The zero-order valence-electron chi connectivity index (χ0n) is 18.5. The van der Waals surface area contributed by atoms with Gasteiger partial charge in [-0.1, -0.05) is 48.0 Å². The van der Waals surface area contributed by atoms with Gasteiger partial charge in [0, 0.05) is 22.9 Å². The van der Waals surface area contributed by atoms with E-state index >= 15 is 0 Å². The molecule has 1 aliphatic carbocycles. The van der Waals surface area contributed by atoms with Crippen LogP contribution in [0.4, 0.5) is 5.69 Å². The Kier molecular flexibility index (Phi) is 7.37. The van der Waals surface area contributed by atoms with Crippen LogP contribution < -0.4 is 4.31 Å². The van der Waals surface area contributed by atoms with Crippen molar-refractivity contribution >= 4 is 34.2 Å². The van der Waals surface area contributed by atoms with Gasteiger partial charge in [-0.3, -0.25) is 9.10 Å². The highest BCUT2D eigenvalue weighted by Crippen LogP contribution is 2.44. The van der Waals surface area contributed by atoms with Crippen molar-refractivity contribution in [2.24, 2.45) is 11.8 Å². The molecule has 2 aromatic carbocycles. The number of allylic oxidation sites excluding steroid dienone is 1. The van der Waals surface area contributed by atoms with Gasteiger partial charge in [-0.15, -0.1) is 6.58 Å². The van der Waals surface area contributed by atoms with Crippen LogP contribution in [0.5, 0.6) is 0 Å². The van der Waals surface area contributed by atoms with Crippen molar-refractivity contribution in [2.75, 3.05) is 17.1 Å². The van der Waals surface area contributed by atoms with Crippen molar-refractivity contribution in [3.63, 3.8) is 0 Å². The molecule has 1 saturated heterocycles. The van der Waals surface area contributed by atoms with Gasteiger partial charge in [0.25, 0.3) is 0 Å². The number of halogens is 1. The van der Waals surface area contributed by atoms with Gasteiger partial charge in [-0.25, -0.2) is 4.21 Å². The molecule has 32 heavy (non-hydrogen) atoms. The summed E-state index contributed by atoms with van der Waals surface area (Å²) in [4.78, 5) is 15.9. The lowest BCUT2D eigenvalue weighted by Crippen LogP contribution is -2.54. The first kappa shape index (κ1) is 23.1. The summed E-state index contributed by atoms with van der Waals surface area (Å²) in [6.07, 6.45) is 8.24. The second-order valence-corrected chi connectivity index (χ2v) is 10.6. The summed E-state index contributed by atoms with van der Waals surface area (Å²) >= 11 is 6.14. The zero-order chi connectivity index (χ0) is 22.7. The average molecular weight is 471 g/mol. The van der Waals surface area contributed by atoms with Gasteiger partial charge in [-0.05, 0) is 67.9 Å². The molecule has 0 N–H and O–H groups in total. The molecule has 4 rings (SSSR count). The molecule has 4 atom stereocenters. The van der Waals surface area contributed by atoms with Crippen LogP contribution in [0, 0.1) is 11.8 Å². The highest BCUT2D eigenvalue weighted by Gasteiger charge is 2.45. The van der Waals surface area contributed by atoms with Crippen LogP contribution in [0.15, 0.2) is 67.3 Å². The highest BCUT2D eigenvalue weighted by molar-refractivity contribution is 7.85. The van der Waals surface area contributed by atoms with E-state index < -0.39 is 11.0 Å². The minimum absolute atomic E-state index is 0.00865. The number of benzene rings is 2. The Morgan fingerprint density at radius 3 is 2.41 bits per heavy atom. The number of amides is 1. The Bertz CT molecular complexity index is 962. The summed E-state index contributed by atoms with van der Waals surface area (Å²) in [5.41, 5.74) is 2.04.